The predicted molar refractivity (Wildman–Crippen MR) is 201 cm³/mol. The van der Waals surface area contributed by atoms with Crippen LogP contribution < -0.4 is 0 Å². The van der Waals surface area contributed by atoms with E-state index in [0.29, 0.717) is 25.7 Å². The normalized spacial score (nSPS) is 11.4. The van der Waals surface area contributed by atoms with E-state index in [1.807, 2.05) is 0 Å². The molecule has 0 rings (SSSR count). The summed E-state index contributed by atoms with van der Waals surface area (Å²) in [6.45, 7) is 14.4. The van der Waals surface area contributed by atoms with Gasteiger partial charge in [-0.1, -0.05) is 105 Å². The van der Waals surface area contributed by atoms with Crippen molar-refractivity contribution in [1.82, 2.24) is 0 Å². The van der Waals surface area contributed by atoms with Crippen molar-refractivity contribution in [3.05, 3.63) is 47.3 Å². The van der Waals surface area contributed by atoms with Gasteiger partial charge in [-0.15, -0.1) is 0 Å². The predicted octanol–water partition coefficient (Wildman–Crippen LogP) is 11.9. The zero-order valence-corrected chi connectivity index (χ0v) is 36.0. The largest absolute Gasteiger partial charge is 0.512 e. The van der Waals surface area contributed by atoms with E-state index in [4.69, 9.17) is 20.4 Å². The standard InChI is InChI=1S/4C10H18O2.Hf/c4*1-3-4-5-6-7-10(12)8-9(2)11;/h4*8,12H,3-7H2,1-2H3;/b4*10-8-;. The summed E-state index contributed by atoms with van der Waals surface area (Å²) in [5, 5.41) is 36.6. The number of aliphatic hydroxyl groups is 4. The van der Waals surface area contributed by atoms with E-state index in [2.05, 4.69) is 27.7 Å². The van der Waals surface area contributed by atoms with Crippen molar-refractivity contribution >= 4 is 23.1 Å². The summed E-state index contributed by atoms with van der Waals surface area (Å²) >= 11 is 0. The number of rotatable bonds is 24. The van der Waals surface area contributed by atoms with E-state index in [-0.39, 0.29) is 72.0 Å². The molecule has 0 radical (unpaired) electrons. The number of allylic oxidation sites excluding steroid dienone is 8. The van der Waals surface area contributed by atoms with Crippen LogP contribution in [0.15, 0.2) is 47.3 Å². The second-order valence-electron chi connectivity index (χ2n) is 12.2. The fourth-order valence-electron chi connectivity index (χ4n) is 4.16. The average molecular weight is 859 g/mol. The summed E-state index contributed by atoms with van der Waals surface area (Å²) in [5.41, 5.74) is 0. The molecule has 0 aliphatic rings. The minimum atomic E-state index is -0.0806. The monoisotopic (exact) mass is 860 g/mol. The molecule has 0 heterocycles. The molecule has 49 heavy (non-hydrogen) atoms. The summed E-state index contributed by atoms with van der Waals surface area (Å²) in [6.07, 6.45) is 25.7. The van der Waals surface area contributed by atoms with Crippen molar-refractivity contribution in [2.75, 3.05) is 0 Å². The summed E-state index contributed by atoms with van der Waals surface area (Å²) in [6, 6.07) is 0. The number of ketones is 4. The van der Waals surface area contributed by atoms with Crippen LogP contribution in [0.4, 0.5) is 0 Å². The van der Waals surface area contributed by atoms with E-state index >= 15 is 0 Å². The molecule has 4 N–H and O–H groups in total. The quantitative estimate of drug-likeness (QED) is 0.0324. The van der Waals surface area contributed by atoms with Gasteiger partial charge in [-0.2, -0.15) is 0 Å². The molecule has 0 amide bonds. The molecule has 0 aliphatic heterocycles. The van der Waals surface area contributed by atoms with Gasteiger partial charge in [0.1, 0.15) is 0 Å². The minimum Gasteiger partial charge on any atom is -0.512 e. The number of aliphatic hydroxyl groups excluding tert-OH is 4. The molecule has 0 aromatic heterocycles. The molecule has 0 unspecified atom stereocenters. The Hall–Kier alpha value is -2.29. The van der Waals surface area contributed by atoms with Gasteiger partial charge < -0.3 is 20.4 Å². The van der Waals surface area contributed by atoms with Crippen molar-refractivity contribution < 1.29 is 65.4 Å². The Labute approximate surface area is 318 Å². The van der Waals surface area contributed by atoms with Crippen molar-refractivity contribution in [3.63, 3.8) is 0 Å². The maximum absolute atomic E-state index is 10.5. The minimum absolute atomic E-state index is 0. The first-order valence-electron chi connectivity index (χ1n) is 18.3. The first-order valence-corrected chi connectivity index (χ1v) is 18.3. The molecule has 0 spiro atoms. The zero-order chi connectivity index (χ0) is 37.6. The van der Waals surface area contributed by atoms with Crippen LogP contribution in [0.3, 0.4) is 0 Å². The molecule has 0 aromatic rings. The van der Waals surface area contributed by atoms with E-state index in [1.54, 1.807) is 0 Å². The van der Waals surface area contributed by atoms with E-state index in [1.165, 1.54) is 103 Å². The van der Waals surface area contributed by atoms with E-state index < -0.39 is 0 Å². The van der Waals surface area contributed by atoms with Crippen molar-refractivity contribution in [2.45, 2.75) is 184 Å². The number of carbonyl (C=O) groups excluding carboxylic acids is 4. The van der Waals surface area contributed by atoms with Crippen LogP contribution in [-0.2, 0) is 45.0 Å². The summed E-state index contributed by atoms with van der Waals surface area (Å²) < 4.78 is 0. The van der Waals surface area contributed by atoms with Gasteiger partial charge in [0, 0.05) is 75.8 Å². The van der Waals surface area contributed by atoms with Crippen molar-refractivity contribution in [1.29, 1.82) is 0 Å². The van der Waals surface area contributed by atoms with Gasteiger partial charge in [-0.05, 0) is 53.4 Å². The molecule has 9 heteroatoms. The second-order valence-corrected chi connectivity index (χ2v) is 12.2. The van der Waals surface area contributed by atoms with Crippen LogP contribution in [0.1, 0.15) is 184 Å². The third-order valence-electron chi connectivity index (χ3n) is 6.63. The number of unbranched alkanes of at least 4 members (excludes halogenated alkanes) is 12. The number of carbonyl (C=O) groups is 4. The van der Waals surface area contributed by atoms with Gasteiger partial charge in [0.2, 0.25) is 0 Å². The molecule has 0 aliphatic carbocycles. The molecule has 0 saturated carbocycles. The average Bonchev–Trinajstić information content (AvgIpc) is 2.98. The van der Waals surface area contributed by atoms with Gasteiger partial charge in [-0.25, -0.2) is 0 Å². The van der Waals surface area contributed by atoms with Gasteiger partial charge in [0.25, 0.3) is 0 Å². The van der Waals surface area contributed by atoms with Crippen LogP contribution >= 0.6 is 0 Å². The second kappa shape index (κ2) is 43.7. The maximum Gasteiger partial charge on any atom is 0.155 e. The Morgan fingerprint density at radius 1 is 0.347 bits per heavy atom. The Bertz CT molecular complexity index is 796. The Morgan fingerprint density at radius 3 is 0.633 bits per heavy atom. The van der Waals surface area contributed by atoms with Gasteiger partial charge >= 0.3 is 0 Å². The first-order chi connectivity index (χ1) is 22.7. The first kappa shape index (κ1) is 56.1. The maximum atomic E-state index is 10.5. The van der Waals surface area contributed by atoms with Gasteiger partial charge in [0.05, 0.1) is 23.0 Å². The van der Waals surface area contributed by atoms with Crippen LogP contribution in [0.2, 0.25) is 0 Å². The fourth-order valence-corrected chi connectivity index (χ4v) is 4.16. The van der Waals surface area contributed by atoms with Gasteiger partial charge in [-0.3, -0.25) is 19.2 Å². The number of hydrogen-bond acceptors (Lipinski definition) is 8. The van der Waals surface area contributed by atoms with E-state index in [9.17, 15) is 19.2 Å². The SMILES string of the molecule is CCCCCC/C(O)=C/C(C)=O.CCCCCC/C(O)=C/C(C)=O.CCCCCC/C(O)=C/C(C)=O.CCCCCC/C(O)=C/C(C)=O.[Hf]. The molecule has 8 nitrogen and oxygen atoms in total. The van der Waals surface area contributed by atoms with Crippen LogP contribution in [0.25, 0.3) is 0 Å². The third-order valence-corrected chi connectivity index (χ3v) is 6.63. The topological polar surface area (TPSA) is 149 Å². The summed E-state index contributed by atoms with van der Waals surface area (Å²) in [4.78, 5) is 42.0. The van der Waals surface area contributed by atoms with E-state index in [0.717, 1.165) is 51.4 Å². The molecule has 284 valence electrons. The zero-order valence-electron chi connectivity index (χ0n) is 32.4. The third kappa shape index (κ3) is 61.4. The number of hydrogen-bond donors (Lipinski definition) is 4. The van der Waals surface area contributed by atoms with Crippen LogP contribution in [0, 0.1) is 0 Å². The smallest absolute Gasteiger partial charge is 0.155 e. The molecule has 0 atom stereocenters. The Morgan fingerprint density at radius 2 is 0.510 bits per heavy atom. The molecule has 0 fully saturated rings. The van der Waals surface area contributed by atoms with Crippen molar-refractivity contribution in [2.24, 2.45) is 0 Å². The van der Waals surface area contributed by atoms with Crippen LogP contribution in [-0.4, -0.2) is 43.6 Å². The molecule has 0 aromatic carbocycles. The van der Waals surface area contributed by atoms with Crippen molar-refractivity contribution in [3.8, 4) is 0 Å². The molecule has 0 saturated heterocycles. The summed E-state index contributed by atoms with van der Waals surface area (Å²) in [5.74, 6) is 0.561. The fraction of sp³-hybridized carbons (Fsp3) is 0.700. The summed E-state index contributed by atoms with van der Waals surface area (Å²) in [7, 11) is 0. The Kier molecular flexibility index (Phi) is 50.1. The van der Waals surface area contributed by atoms with Crippen LogP contribution in [0.5, 0.6) is 0 Å². The molecular formula is C40H72HfO8. The van der Waals surface area contributed by atoms with Gasteiger partial charge in [0.15, 0.2) is 23.1 Å². The Balaban J connectivity index is -0.000000174. The molecule has 0 bridgehead atoms. The molecular weight excluding hydrogens is 787 g/mol.